The van der Waals surface area contributed by atoms with E-state index in [9.17, 15) is 0 Å². The van der Waals surface area contributed by atoms with Crippen LogP contribution >= 0.6 is 11.6 Å². The monoisotopic (exact) mass is 318 g/mol. The molecule has 0 radical (unpaired) electrons. The summed E-state index contributed by atoms with van der Waals surface area (Å²) in [5.74, 6) is 0. The molecule has 2 aliphatic rings. The largest absolute Gasteiger partial charge is 0.399 e. The molecule has 0 atom stereocenters. The van der Waals surface area contributed by atoms with Gasteiger partial charge in [-0.05, 0) is 76.2 Å². The molecule has 2 aliphatic carbocycles. The van der Waals surface area contributed by atoms with Crippen molar-refractivity contribution in [2.75, 3.05) is 5.73 Å². The molecule has 4 rings (SSSR count). The number of nitrogens with one attached hydrogen (secondary N) is 1. The molecule has 0 amide bonds. The number of fused-ring (bicyclic) bond motifs is 2. The Labute approximate surface area is 140 Å². The summed E-state index contributed by atoms with van der Waals surface area (Å²) < 4.78 is 0. The second-order valence-electron chi connectivity index (χ2n) is 5.85. The Balaban J connectivity index is 2.03. The number of hydrogen-bond donors (Lipinski definition) is 2. The first-order valence-electron chi connectivity index (χ1n) is 7.48. The fourth-order valence-corrected chi connectivity index (χ4v) is 3.48. The Hall–Kier alpha value is -2.58. The molecule has 112 valence electrons. The van der Waals surface area contributed by atoms with Gasteiger partial charge in [0, 0.05) is 10.7 Å². The van der Waals surface area contributed by atoms with E-state index in [0.29, 0.717) is 5.71 Å². The van der Waals surface area contributed by atoms with Crippen molar-refractivity contribution in [2.45, 2.75) is 6.42 Å². The standard InChI is InChI=1S/C20H15ClN2/c21-15-3-1-2-12(9-15)20-18-6-4-16(22)10-13(18)8-14-11-17(23)5-7-19(14)20/h1-7,9-11,22H,8,23H2. The van der Waals surface area contributed by atoms with Crippen molar-refractivity contribution in [3.63, 3.8) is 0 Å². The first kappa shape index (κ1) is 14.0. The molecule has 23 heavy (non-hydrogen) atoms. The van der Waals surface area contributed by atoms with Crippen LogP contribution in [0.2, 0.25) is 5.02 Å². The molecule has 2 nitrogen and oxygen atoms in total. The average Bonchev–Trinajstić information content (AvgIpc) is 2.52. The smallest absolute Gasteiger partial charge is 0.0543 e. The summed E-state index contributed by atoms with van der Waals surface area (Å²) in [7, 11) is 0. The Morgan fingerprint density at radius 2 is 1.91 bits per heavy atom. The van der Waals surface area contributed by atoms with E-state index in [-0.39, 0.29) is 0 Å². The van der Waals surface area contributed by atoms with E-state index < -0.39 is 0 Å². The lowest BCUT2D eigenvalue weighted by molar-refractivity contribution is 1.13. The molecule has 0 aliphatic heterocycles. The molecular weight excluding hydrogens is 304 g/mol. The lowest BCUT2D eigenvalue weighted by atomic mass is 9.77. The van der Waals surface area contributed by atoms with Crippen LogP contribution in [0, 0.1) is 5.41 Å². The fraction of sp³-hybridized carbons (Fsp3) is 0.0500. The van der Waals surface area contributed by atoms with Crippen LogP contribution in [0.1, 0.15) is 16.7 Å². The van der Waals surface area contributed by atoms with Gasteiger partial charge in [0.05, 0.1) is 5.71 Å². The van der Waals surface area contributed by atoms with Crippen LogP contribution in [0.3, 0.4) is 0 Å². The van der Waals surface area contributed by atoms with Crippen LogP contribution in [-0.2, 0) is 6.42 Å². The maximum Gasteiger partial charge on any atom is 0.0543 e. The number of anilines is 1. The van der Waals surface area contributed by atoms with Gasteiger partial charge in [-0.15, -0.1) is 0 Å². The Bertz CT molecular complexity index is 932. The highest BCUT2D eigenvalue weighted by Gasteiger charge is 2.24. The van der Waals surface area contributed by atoms with Gasteiger partial charge in [-0.25, -0.2) is 0 Å². The SMILES string of the molecule is N=C1C=CC2=C(c3cccc(Cl)c3)c3ccc(N)cc3CC2=C1. The summed E-state index contributed by atoms with van der Waals surface area (Å²) in [4.78, 5) is 0. The van der Waals surface area contributed by atoms with Gasteiger partial charge in [-0.1, -0.05) is 35.9 Å². The Morgan fingerprint density at radius 3 is 2.74 bits per heavy atom. The number of allylic oxidation sites excluding steroid dienone is 5. The zero-order chi connectivity index (χ0) is 16.0. The second kappa shape index (κ2) is 5.25. The number of nitrogen functional groups attached to an aromatic ring is 1. The summed E-state index contributed by atoms with van der Waals surface area (Å²) in [5, 5.41) is 8.63. The van der Waals surface area contributed by atoms with Crippen molar-refractivity contribution in [1.29, 1.82) is 5.41 Å². The summed E-state index contributed by atoms with van der Waals surface area (Å²) in [5.41, 5.74) is 14.2. The van der Waals surface area contributed by atoms with Gasteiger partial charge in [0.15, 0.2) is 0 Å². The van der Waals surface area contributed by atoms with Crippen molar-refractivity contribution in [2.24, 2.45) is 0 Å². The van der Waals surface area contributed by atoms with Crippen molar-refractivity contribution < 1.29 is 0 Å². The third-order valence-corrected chi connectivity index (χ3v) is 4.50. The molecule has 0 saturated heterocycles. The molecule has 0 heterocycles. The molecule has 0 fully saturated rings. The van der Waals surface area contributed by atoms with Gasteiger partial charge in [0.2, 0.25) is 0 Å². The Kier molecular flexibility index (Phi) is 3.21. The van der Waals surface area contributed by atoms with Crippen LogP contribution in [0.5, 0.6) is 0 Å². The van der Waals surface area contributed by atoms with E-state index in [4.69, 9.17) is 22.7 Å². The molecule has 3 N–H and O–H groups in total. The molecule has 3 heteroatoms. The summed E-state index contributed by atoms with van der Waals surface area (Å²) in [6, 6.07) is 14.0. The molecule has 0 aromatic heterocycles. The highest BCUT2D eigenvalue weighted by molar-refractivity contribution is 6.30. The highest BCUT2D eigenvalue weighted by Crippen LogP contribution is 2.41. The van der Waals surface area contributed by atoms with Gasteiger partial charge >= 0.3 is 0 Å². The van der Waals surface area contributed by atoms with Crippen molar-refractivity contribution in [1.82, 2.24) is 0 Å². The molecule has 0 saturated carbocycles. The molecular formula is C20H15ClN2. The number of halogens is 1. The first-order valence-corrected chi connectivity index (χ1v) is 7.86. The van der Waals surface area contributed by atoms with E-state index >= 15 is 0 Å². The van der Waals surface area contributed by atoms with Crippen LogP contribution < -0.4 is 5.73 Å². The minimum Gasteiger partial charge on any atom is -0.399 e. The zero-order valence-electron chi connectivity index (χ0n) is 12.4. The van der Waals surface area contributed by atoms with Gasteiger partial charge in [0.25, 0.3) is 0 Å². The molecule has 0 unspecified atom stereocenters. The van der Waals surface area contributed by atoms with E-state index in [2.05, 4.69) is 12.1 Å². The number of rotatable bonds is 1. The van der Waals surface area contributed by atoms with E-state index in [1.54, 1.807) is 0 Å². The van der Waals surface area contributed by atoms with Crippen LogP contribution in [0.25, 0.3) is 5.57 Å². The first-order chi connectivity index (χ1) is 11.1. The highest BCUT2D eigenvalue weighted by atomic mass is 35.5. The number of benzene rings is 2. The lowest BCUT2D eigenvalue weighted by Gasteiger charge is -2.27. The zero-order valence-corrected chi connectivity index (χ0v) is 13.2. The minimum atomic E-state index is 0.529. The fourth-order valence-electron chi connectivity index (χ4n) is 3.29. The normalized spacial score (nSPS) is 16.0. The molecule has 2 aromatic carbocycles. The van der Waals surface area contributed by atoms with Gasteiger partial charge in [0.1, 0.15) is 0 Å². The van der Waals surface area contributed by atoms with Gasteiger partial charge in [-0.3, -0.25) is 0 Å². The van der Waals surface area contributed by atoms with Crippen molar-refractivity contribution >= 4 is 28.6 Å². The quantitative estimate of drug-likeness (QED) is 0.729. The maximum absolute atomic E-state index is 7.91. The second-order valence-corrected chi connectivity index (χ2v) is 6.29. The van der Waals surface area contributed by atoms with Crippen molar-refractivity contribution in [3.8, 4) is 0 Å². The average molecular weight is 319 g/mol. The third-order valence-electron chi connectivity index (χ3n) is 4.27. The van der Waals surface area contributed by atoms with Crippen LogP contribution in [-0.4, -0.2) is 5.71 Å². The molecule has 0 spiro atoms. The topological polar surface area (TPSA) is 49.9 Å². The predicted octanol–water partition coefficient (Wildman–Crippen LogP) is 4.80. The summed E-state index contributed by atoms with van der Waals surface area (Å²) in [6.07, 6.45) is 6.61. The van der Waals surface area contributed by atoms with Crippen LogP contribution in [0.15, 0.2) is 71.8 Å². The summed E-state index contributed by atoms with van der Waals surface area (Å²) >= 11 is 6.21. The molecule has 2 aromatic rings. The predicted molar refractivity (Wildman–Crippen MR) is 97.0 cm³/mol. The number of nitrogens with two attached hydrogens (primary N) is 1. The number of hydrogen-bond acceptors (Lipinski definition) is 2. The van der Waals surface area contributed by atoms with Gasteiger partial charge in [-0.2, -0.15) is 0 Å². The Morgan fingerprint density at radius 1 is 1.04 bits per heavy atom. The maximum atomic E-state index is 7.91. The van der Waals surface area contributed by atoms with Crippen molar-refractivity contribution in [3.05, 3.63) is 93.6 Å². The van der Waals surface area contributed by atoms with Gasteiger partial charge < -0.3 is 11.1 Å². The minimum absolute atomic E-state index is 0.529. The van der Waals surface area contributed by atoms with E-state index in [0.717, 1.165) is 33.8 Å². The lowest BCUT2D eigenvalue weighted by Crippen LogP contribution is -2.12. The third kappa shape index (κ3) is 2.41. The van der Waals surface area contributed by atoms with E-state index in [1.165, 1.54) is 16.7 Å². The van der Waals surface area contributed by atoms with Crippen LogP contribution in [0.4, 0.5) is 5.69 Å². The van der Waals surface area contributed by atoms with E-state index in [1.807, 2.05) is 48.6 Å². The summed E-state index contributed by atoms with van der Waals surface area (Å²) in [6.45, 7) is 0. The molecule has 0 bridgehead atoms.